The number of nitrogens with zero attached hydrogens (tertiary/aromatic N) is 2. The number of nitrogens with one attached hydrogen (secondary N) is 2. The van der Waals surface area contributed by atoms with Crippen molar-refractivity contribution in [1.82, 2.24) is 14.5 Å². The minimum Gasteiger partial charge on any atom is -0.474 e. The Balaban J connectivity index is 1.32. The normalized spacial score (nSPS) is 20.9. The van der Waals surface area contributed by atoms with E-state index in [1.165, 1.54) is 40.6 Å². The summed E-state index contributed by atoms with van der Waals surface area (Å²) in [7, 11) is 0. The topological polar surface area (TPSA) is 68.2 Å². The van der Waals surface area contributed by atoms with Gasteiger partial charge in [-0.15, -0.1) is 0 Å². The summed E-state index contributed by atoms with van der Waals surface area (Å²) < 4.78 is 10.5. The van der Waals surface area contributed by atoms with Crippen LogP contribution < -0.4 is 14.8 Å². The standard InChI is InChI=1S/C20H24N4O2S/c1-11-7-13-8-12-5-4-6-14(12)17(16(11)13)22-19(25)23-27-15-9-21-24-18(15)26-10-20(24,2)3/h8-9,11H,4-7,10H2,1-3H3,(H2,22,23,25)/t11-/m1/s1. The van der Waals surface area contributed by atoms with E-state index in [0.29, 0.717) is 12.5 Å². The number of fused-ring (bicyclic) bond motifs is 3. The van der Waals surface area contributed by atoms with E-state index in [4.69, 9.17) is 4.74 Å². The molecule has 6 nitrogen and oxygen atoms in total. The summed E-state index contributed by atoms with van der Waals surface area (Å²) in [4.78, 5) is 13.4. The molecule has 0 unspecified atom stereocenters. The van der Waals surface area contributed by atoms with Gasteiger partial charge in [0.2, 0.25) is 5.88 Å². The van der Waals surface area contributed by atoms with Crippen LogP contribution in [0.15, 0.2) is 17.2 Å². The molecule has 2 aliphatic carbocycles. The summed E-state index contributed by atoms with van der Waals surface area (Å²) >= 11 is 1.25. The van der Waals surface area contributed by atoms with Crippen LogP contribution in [0.1, 0.15) is 55.4 Å². The molecule has 0 saturated heterocycles. The number of amides is 2. The Morgan fingerprint density at radius 2 is 2.22 bits per heavy atom. The van der Waals surface area contributed by atoms with E-state index in [2.05, 4.69) is 42.0 Å². The summed E-state index contributed by atoms with van der Waals surface area (Å²) in [6.07, 6.45) is 6.21. The first-order valence-electron chi connectivity index (χ1n) is 9.57. The summed E-state index contributed by atoms with van der Waals surface area (Å²) in [5, 5.41) is 7.54. The maximum absolute atomic E-state index is 12.6. The van der Waals surface area contributed by atoms with Gasteiger partial charge in [-0.3, -0.25) is 4.72 Å². The lowest BCUT2D eigenvalue weighted by atomic mass is 9.75. The highest BCUT2D eigenvalue weighted by Crippen LogP contribution is 2.45. The van der Waals surface area contributed by atoms with Crippen molar-refractivity contribution in [2.24, 2.45) is 0 Å². The van der Waals surface area contributed by atoms with Gasteiger partial charge in [0.25, 0.3) is 0 Å². The van der Waals surface area contributed by atoms with Gasteiger partial charge in [-0.1, -0.05) is 13.0 Å². The van der Waals surface area contributed by atoms with Crippen molar-refractivity contribution in [2.75, 3.05) is 11.9 Å². The number of ether oxygens (including phenoxy) is 1. The third-order valence-corrected chi connectivity index (χ3v) is 6.65. The molecule has 0 fully saturated rings. The molecule has 27 heavy (non-hydrogen) atoms. The van der Waals surface area contributed by atoms with Gasteiger partial charge in [-0.05, 0) is 79.7 Å². The van der Waals surface area contributed by atoms with Crippen molar-refractivity contribution < 1.29 is 9.53 Å². The zero-order chi connectivity index (χ0) is 18.8. The van der Waals surface area contributed by atoms with Gasteiger partial charge < -0.3 is 10.1 Å². The smallest absolute Gasteiger partial charge is 0.329 e. The quantitative estimate of drug-likeness (QED) is 0.785. The Bertz CT molecular complexity index is 946. The fourth-order valence-electron chi connectivity index (χ4n) is 4.50. The molecule has 2 aromatic rings. The summed E-state index contributed by atoms with van der Waals surface area (Å²) in [6.45, 7) is 6.99. The van der Waals surface area contributed by atoms with Crippen molar-refractivity contribution >= 4 is 23.7 Å². The van der Waals surface area contributed by atoms with Crippen LogP contribution >= 0.6 is 11.9 Å². The Kier molecular flexibility index (Phi) is 3.73. The van der Waals surface area contributed by atoms with Crippen molar-refractivity contribution in [3.8, 4) is 5.88 Å². The van der Waals surface area contributed by atoms with E-state index < -0.39 is 0 Å². The predicted octanol–water partition coefficient (Wildman–Crippen LogP) is 3.99. The number of carbonyl (C=O) groups excluding carboxylic acids is 1. The van der Waals surface area contributed by atoms with Crippen LogP contribution in [0.4, 0.5) is 10.5 Å². The first kappa shape index (κ1) is 17.0. The summed E-state index contributed by atoms with van der Waals surface area (Å²) in [5.74, 6) is 1.24. The van der Waals surface area contributed by atoms with E-state index in [1.54, 1.807) is 6.20 Å². The Morgan fingerprint density at radius 3 is 3.04 bits per heavy atom. The highest BCUT2D eigenvalue weighted by atomic mass is 32.2. The van der Waals surface area contributed by atoms with Crippen molar-refractivity contribution in [2.45, 2.75) is 62.8 Å². The molecule has 1 aliphatic heterocycles. The zero-order valence-electron chi connectivity index (χ0n) is 15.9. The van der Waals surface area contributed by atoms with Crippen LogP contribution in [0.5, 0.6) is 5.88 Å². The van der Waals surface area contributed by atoms with Crippen LogP contribution in [0.25, 0.3) is 0 Å². The van der Waals surface area contributed by atoms with Crippen molar-refractivity contribution in [3.63, 3.8) is 0 Å². The fourth-order valence-corrected chi connectivity index (χ4v) is 5.09. The van der Waals surface area contributed by atoms with Crippen molar-refractivity contribution in [1.29, 1.82) is 0 Å². The third kappa shape index (κ3) is 2.63. The average Bonchev–Trinajstić information content (AvgIpc) is 3.29. The van der Waals surface area contributed by atoms with Gasteiger partial charge >= 0.3 is 6.03 Å². The van der Waals surface area contributed by atoms with Gasteiger partial charge in [0.1, 0.15) is 11.5 Å². The minimum absolute atomic E-state index is 0.153. The van der Waals surface area contributed by atoms with E-state index in [-0.39, 0.29) is 11.6 Å². The first-order valence-corrected chi connectivity index (χ1v) is 10.4. The average molecular weight is 385 g/mol. The molecular weight excluding hydrogens is 360 g/mol. The second-order valence-electron chi connectivity index (χ2n) is 8.41. The second-order valence-corrected chi connectivity index (χ2v) is 9.25. The van der Waals surface area contributed by atoms with Crippen LogP contribution in [-0.4, -0.2) is 22.4 Å². The Labute approximate surface area is 163 Å². The number of anilines is 1. The van der Waals surface area contributed by atoms with Crippen LogP contribution in [0, 0.1) is 0 Å². The lowest BCUT2D eigenvalue weighted by Gasteiger charge is -2.32. The van der Waals surface area contributed by atoms with Crippen LogP contribution in [0.3, 0.4) is 0 Å². The molecule has 5 rings (SSSR count). The fraction of sp³-hybridized carbons (Fsp3) is 0.500. The maximum Gasteiger partial charge on any atom is 0.329 e. The number of benzene rings is 1. The molecule has 0 saturated carbocycles. The lowest BCUT2D eigenvalue weighted by Crippen LogP contribution is -2.27. The number of hydrogen-bond acceptors (Lipinski definition) is 4. The molecule has 0 spiro atoms. The monoisotopic (exact) mass is 384 g/mol. The zero-order valence-corrected chi connectivity index (χ0v) is 16.7. The van der Waals surface area contributed by atoms with Gasteiger partial charge in [0.05, 0.1) is 11.7 Å². The Hall–Kier alpha value is -2.15. The summed E-state index contributed by atoms with van der Waals surface area (Å²) in [5.41, 5.74) is 6.36. The second kappa shape index (κ2) is 5.92. The van der Waals surface area contributed by atoms with E-state index >= 15 is 0 Å². The molecule has 1 atom stereocenters. The van der Waals surface area contributed by atoms with Gasteiger partial charge in [0, 0.05) is 5.69 Å². The third-order valence-electron chi connectivity index (χ3n) is 5.87. The lowest BCUT2D eigenvalue weighted by molar-refractivity contribution is 0.257. The molecule has 2 heterocycles. The number of urea groups is 1. The highest BCUT2D eigenvalue weighted by molar-refractivity contribution is 7.98. The maximum atomic E-state index is 12.6. The molecule has 3 aliphatic rings. The van der Waals surface area contributed by atoms with Gasteiger partial charge in [0.15, 0.2) is 0 Å². The number of aryl methyl sites for hydroxylation is 1. The van der Waals surface area contributed by atoms with Gasteiger partial charge in [-0.25, -0.2) is 9.48 Å². The van der Waals surface area contributed by atoms with Crippen LogP contribution in [0.2, 0.25) is 0 Å². The molecule has 142 valence electrons. The highest BCUT2D eigenvalue weighted by Gasteiger charge is 2.35. The van der Waals surface area contributed by atoms with Crippen LogP contribution in [-0.2, 0) is 24.8 Å². The molecule has 2 amide bonds. The number of rotatable bonds is 3. The largest absolute Gasteiger partial charge is 0.474 e. The Morgan fingerprint density at radius 1 is 1.37 bits per heavy atom. The predicted molar refractivity (Wildman–Crippen MR) is 106 cm³/mol. The van der Waals surface area contributed by atoms with E-state index in [9.17, 15) is 4.79 Å². The van der Waals surface area contributed by atoms with E-state index in [1.807, 2.05) is 4.68 Å². The van der Waals surface area contributed by atoms with Crippen molar-refractivity contribution in [3.05, 3.63) is 34.5 Å². The molecule has 1 aromatic heterocycles. The molecule has 0 radical (unpaired) electrons. The molecule has 1 aromatic carbocycles. The van der Waals surface area contributed by atoms with Gasteiger partial charge in [-0.2, -0.15) is 5.10 Å². The SMILES string of the molecule is C[C@@H]1Cc2cc3c(c(NC(=O)NSc4cnn5c4OCC5(C)C)c21)CCC3. The number of carbonyl (C=O) groups is 1. The van der Waals surface area contributed by atoms with E-state index in [0.717, 1.165) is 35.7 Å². The molecule has 0 bridgehead atoms. The molecule has 7 heteroatoms. The first-order chi connectivity index (χ1) is 12.9. The minimum atomic E-state index is -0.196. The number of aromatic nitrogens is 2. The summed E-state index contributed by atoms with van der Waals surface area (Å²) in [6, 6.07) is 2.16. The molecular formula is C20H24N4O2S. The molecule has 2 N–H and O–H groups in total. The number of hydrogen-bond donors (Lipinski definition) is 2.